The number of aliphatic imine (C=N–C) groups is 1. The molecular formula is C25H43IN4O2. The van der Waals surface area contributed by atoms with Gasteiger partial charge in [-0.2, -0.15) is 0 Å². The molecule has 2 fully saturated rings. The Hall–Kier alpha value is -0.900. The summed E-state index contributed by atoms with van der Waals surface area (Å²) in [5.41, 5.74) is 2.81. The summed E-state index contributed by atoms with van der Waals surface area (Å²) in [6.45, 7) is 8.98. The van der Waals surface area contributed by atoms with E-state index in [1.807, 2.05) is 7.05 Å². The fourth-order valence-electron chi connectivity index (χ4n) is 4.69. The average molecular weight is 559 g/mol. The van der Waals surface area contributed by atoms with Crippen molar-refractivity contribution < 1.29 is 9.47 Å². The van der Waals surface area contributed by atoms with E-state index in [1.165, 1.54) is 36.9 Å². The lowest BCUT2D eigenvalue weighted by Crippen LogP contribution is -2.46. The zero-order chi connectivity index (χ0) is 21.9. The van der Waals surface area contributed by atoms with E-state index in [1.54, 1.807) is 7.11 Å². The van der Waals surface area contributed by atoms with Crippen molar-refractivity contribution in [2.24, 2.45) is 4.99 Å². The van der Waals surface area contributed by atoms with Crippen molar-refractivity contribution in [2.45, 2.75) is 70.7 Å². The van der Waals surface area contributed by atoms with Gasteiger partial charge in [-0.1, -0.05) is 30.7 Å². The highest BCUT2D eigenvalue weighted by Crippen LogP contribution is 2.21. The van der Waals surface area contributed by atoms with Crippen molar-refractivity contribution in [3.8, 4) is 0 Å². The minimum Gasteiger partial charge on any atom is -0.385 e. The zero-order valence-corrected chi connectivity index (χ0v) is 22.6. The molecule has 0 bridgehead atoms. The summed E-state index contributed by atoms with van der Waals surface area (Å²) in [4.78, 5) is 9.56. The van der Waals surface area contributed by atoms with Crippen molar-refractivity contribution in [3.63, 3.8) is 0 Å². The quantitative estimate of drug-likeness (QED) is 0.212. The fourth-order valence-corrected chi connectivity index (χ4v) is 4.69. The van der Waals surface area contributed by atoms with Crippen LogP contribution in [0.25, 0.3) is 0 Å². The summed E-state index contributed by atoms with van der Waals surface area (Å²) >= 11 is 0. The van der Waals surface area contributed by atoms with E-state index in [4.69, 9.17) is 9.47 Å². The second-order valence-electron chi connectivity index (χ2n) is 8.89. The second-order valence-corrected chi connectivity index (χ2v) is 8.89. The number of piperidine rings is 2. The monoisotopic (exact) mass is 558 g/mol. The molecule has 1 unspecified atom stereocenters. The molecule has 0 amide bonds. The van der Waals surface area contributed by atoms with Crippen LogP contribution in [-0.4, -0.2) is 74.9 Å². The lowest BCUT2D eigenvalue weighted by Gasteiger charge is -2.35. The Balaban J connectivity index is 0.00000363. The molecule has 1 atom stereocenters. The number of nitrogens with one attached hydrogen (secondary N) is 1. The Morgan fingerprint density at radius 3 is 2.50 bits per heavy atom. The molecule has 7 heteroatoms. The largest absolute Gasteiger partial charge is 0.385 e. The van der Waals surface area contributed by atoms with Crippen LogP contribution < -0.4 is 5.32 Å². The molecule has 1 aromatic rings. The second kappa shape index (κ2) is 15.1. The van der Waals surface area contributed by atoms with E-state index < -0.39 is 0 Å². The number of hydrogen-bond donors (Lipinski definition) is 1. The molecule has 2 aliphatic rings. The van der Waals surface area contributed by atoms with E-state index in [0.717, 1.165) is 64.6 Å². The standard InChI is InChI=1S/C25H42N4O2.HI/c1-21-9-6-7-14-29(21)20-23-11-5-4-10-22(23)19-27-25(26-2)28-15-12-24(13-16-28)31-18-8-17-30-3;/h4-5,10-11,21,24H,6-9,12-20H2,1-3H3,(H,26,27);1H. The van der Waals surface area contributed by atoms with Crippen LogP contribution in [-0.2, 0) is 22.6 Å². The van der Waals surface area contributed by atoms with Crippen LogP contribution in [0.1, 0.15) is 56.6 Å². The molecule has 2 saturated heterocycles. The molecule has 0 radical (unpaired) electrons. The topological polar surface area (TPSA) is 49.3 Å². The maximum absolute atomic E-state index is 6.00. The molecule has 1 N–H and O–H groups in total. The number of benzene rings is 1. The van der Waals surface area contributed by atoms with Crippen molar-refractivity contribution in [1.29, 1.82) is 0 Å². The van der Waals surface area contributed by atoms with Crippen molar-refractivity contribution in [3.05, 3.63) is 35.4 Å². The van der Waals surface area contributed by atoms with Gasteiger partial charge in [-0.25, -0.2) is 0 Å². The Morgan fingerprint density at radius 2 is 1.81 bits per heavy atom. The number of ether oxygens (including phenoxy) is 2. The van der Waals surface area contributed by atoms with Gasteiger partial charge in [0, 0.05) is 59.6 Å². The first-order valence-electron chi connectivity index (χ1n) is 12.1. The molecule has 0 saturated carbocycles. The van der Waals surface area contributed by atoms with Gasteiger partial charge in [0.25, 0.3) is 0 Å². The molecule has 0 spiro atoms. The zero-order valence-electron chi connectivity index (χ0n) is 20.2. The fraction of sp³-hybridized carbons (Fsp3) is 0.720. The number of halogens is 1. The predicted molar refractivity (Wildman–Crippen MR) is 143 cm³/mol. The van der Waals surface area contributed by atoms with Gasteiger partial charge in [-0.3, -0.25) is 9.89 Å². The van der Waals surface area contributed by atoms with Gasteiger partial charge < -0.3 is 19.7 Å². The van der Waals surface area contributed by atoms with Gasteiger partial charge in [-0.05, 0) is 56.7 Å². The summed E-state index contributed by atoms with van der Waals surface area (Å²) in [5, 5.41) is 3.62. The highest BCUT2D eigenvalue weighted by molar-refractivity contribution is 14.0. The van der Waals surface area contributed by atoms with Crippen LogP contribution in [0.15, 0.2) is 29.3 Å². The highest BCUT2D eigenvalue weighted by Gasteiger charge is 2.22. The van der Waals surface area contributed by atoms with E-state index in [-0.39, 0.29) is 24.0 Å². The number of guanidine groups is 1. The first kappa shape index (κ1) is 27.3. The minimum atomic E-state index is 0. The van der Waals surface area contributed by atoms with Crippen LogP contribution in [0.5, 0.6) is 0 Å². The van der Waals surface area contributed by atoms with E-state index in [2.05, 4.69) is 51.3 Å². The summed E-state index contributed by atoms with van der Waals surface area (Å²) in [6, 6.07) is 9.54. The van der Waals surface area contributed by atoms with Gasteiger partial charge >= 0.3 is 0 Å². The van der Waals surface area contributed by atoms with Gasteiger partial charge in [-0.15, -0.1) is 24.0 Å². The highest BCUT2D eigenvalue weighted by atomic mass is 127. The Bertz CT molecular complexity index is 680. The third-order valence-corrected chi connectivity index (χ3v) is 6.67. The molecule has 0 aromatic heterocycles. The van der Waals surface area contributed by atoms with Gasteiger partial charge in [0.2, 0.25) is 0 Å². The van der Waals surface area contributed by atoms with E-state index >= 15 is 0 Å². The minimum absolute atomic E-state index is 0. The maximum atomic E-state index is 6.00. The SMILES string of the molecule is CN=C(NCc1ccccc1CN1CCCCC1C)N1CCC(OCCCOC)CC1.I. The number of rotatable bonds is 9. The van der Waals surface area contributed by atoms with Crippen molar-refractivity contribution in [1.82, 2.24) is 15.1 Å². The summed E-state index contributed by atoms with van der Waals surface area (Å²) < 4.78 is 11.1. The smallest absolute Gasteiger partial charge is 0.193 e. The van der Waals surface area contributed by atoms with Crippen molar-refractivity contribution in [2.75, 3.05) is 47.0 Å². The Labute approximate surface area is 212 Å². The molecule has 6 nitrogen and oxygen atoms in total. The third kappa shape index (κ3) is 8.47. The number of hydrogen-bond acceptors (Lipinski definition) is 4. The number of nitrogens with zero attached hydrogens (tertiary/aromatic N) is 3. The summed E-state index contributed by atoms with van der Waals surface area (Å²) in [5.74, 6) is 0.999. The van der Waals surface area contributed by atoms with E-state index in [9.17, 15) is 0 Å². The normalized spacial score (nSPS) is 20.8. The Kier molecular flexibility index (Phi) is 12.9. The first-order valence-corrected chi connectivity index (χ1v) is 12.1. The van der Waals surface area contributed by atoms with E-state index in [0.29, 0.717) is 12.1 Å². The maximum Gasteiger partial charge on any atom is 0.193 e. The van der Waals surface area contributed by atoms with Gasteiger partial charge in [0.05, 0.1) is 6.10 Å². The Morgan fingerprint density at radius 1 is 1.06 bits per heavy atom. The molecule has 2 aliphatic heterocycles. The number of methoxy groups -OCH3 is 1. The lowest BCUT2D eigenvalue weighted by molar-refractivity contribution is 0.00989. The number of likely N-dealkylation sites (tertiary alicyclic amines) is 2. The average Bonchev–Trinajstić information content (AvgIpc) is 2.80. The van der Waals surface area contributed by atoms with Crippen LogP contribution in [0.2, 0.25) is 0 Å². The molecule has 3 rings (SSSR count). The molecular weight excluding hydrogens is 515 g/mol. The van der Waals surface area contributed by atoms with Gasteiger partial charge in [0.1, 0.15) is 0 Å². The van der Waals surface area contributed by atoms with Crippen LogP contribution in [0.4, 0.5) is 0 Å². The lowest BCUT2D eigenvalue weighted by atomic mass is 10.0. The first-order chi connectivity index (χ1) is 15.2. The molecule has 32 heavy (non-hydrogen) atoms. The summed E-state index contributed by atoms with van der Waals surface area (Å²) in [6.07, 6.45) is 7.44. The van der Waals surface area contributed by atoms with Crippen molar-refractivity contribution >= 4 is 29.9 Å². The molecule has 182 valence electrons. The third-order valence-electron chi connectivity index (χ3n) is 6.67. The van der Waals surface area contributed by atoms with Crippen LogP contribution >= 0.6 is 24.0 Å². The molecule has 1 aromatic carbocycles. The van der Waals surface area contributed by atoms with Crippen LogP contribution in [0, 0.1) is 0 Å². The van der Waals surface area contributed by atoms with Gasteiger partial charge in [0.15, 0.2) is 5.96 Å². The van der Waals surface area contributed by atoms with Crippen LogP contribution in [0.3, 0.4) is 0 Å². The summed E-state index contributed by atoms with van der Waals surface area (Å²) in [7, 11) is 3.63. The molecule has 2 heterocycles. The predicted octanol–water partition coefficient (Wildman–Crippen LogP) is 4.27. The molecule has 0 aliphatic carbocycles.